The summed E-state index contributed by atoms with van der Waals surface area (Å²) in [5.74, 6) is -0.460. The quantitative estimate of drug-likeness (QED) is 0.396. The van der Waals surface area contributed by atoms with E-state index in [1.165, 1.54) is 12.1 Å². The van der Waals surface area contributed by atoms with Crippen LogP contribution in [0.5, 0.6) is 0 Å². The molecule has 2 aromatic carbocycles. The van der Waals surface area contributed by atoms with Crippen molar-refractivity contribution in [1.82, 2.24) is 0 Å². The minimum absolute atomic E-state index is 0.0154. The van der Waals surface area contributed by atoms with Crippen LogP contribution in [0.15, 0.2) is 57.8 Å². The summed E-state index contributed by atoms with van der Waals surface area (Å²) in [5, 5.41) is 0.781. The molecule has 3 aromatic rings. The lowest BCUT2D eigenvalue weighted by Crippen LogP contribution is -2.06. The van der Waals surface area contributed by atoms with Crippen molar-refractivity contribution in [1.29, 1.82) is 0 Å². The predicted molar refractivity (Wildman–Crippen MR) is 102 cm³/mol. The van der Waals surface area contributed by atoms with E-state index in [9.17, 15) is 9.59 Å². The maximum absolute atomic E-state index is 12.0. The fourth-order valence-electron chi connectivity index (χ4n) is 2.77. The highest BCUT2D eigenvalue weighted by molar-refractivity contribution is 5.88. The summed E-state index contributed by atoms with van der Waals surface area (Å²) in [5.41, 5.74) is 4.71. The molecule has 0 N–H and O–H groups in total. The number of esters is 1. The van der Waals surface area contributed by atoms with Crippen molar-refractivity contribution in [2.45, 2.75) is 27.4 Å². The standard InChI is InChI=1S/C22H20O4/c1-14-8-10-19-18(12-21(24)26-22(19)16(14)3)13-25-20(23)11-9-17-7-5-4-6-15(17)2/h4-12H,13H2,1-3H3/b11-9+. The largest absolute Gasteiger partial charge is 0.458 e. The van der Waals surface area contributed by atoms with Gasteiger partial charge in [-0.05, 0) is 49.1 Å². The van der Waals surface area contributed by atoms with E-state index in [0.29, 0.717) is 11.1 Å². The highest BCUT2D eigenvalue weighted by Gasteiger charge is 2.10. The van der Waals surface area contributed by atoms with Crippen LogP contribution in [-0.4, -0.2) is 5.97 Å². The Morgan fingerprint density at radius 3 is 2.62 bits per heavy atom. The molecular weight excluding hydrogens is 328 g/mol. The number of carbonyl (C=O) groups is 1. The molecule has 0 saturated carbocycles. The van der Waals surface area contributed by atoms with Crippen molar-refractivity contribution >= 4 is 23.0 Å². The van der Waals surface area contributed by atoms with Crippen LogP contribution in [0.2, 0.25) is 0 Å². The van der Waals surface area contributed by atoms with Gasteiger partial charge in [-0.3, -0.25) is 0 Å². The Kier molecular flexibility index (Phi) is 5.03. The second-order valence-electron chi connectivity index (χ2n) is 6.27. The molecule has 132 valence electrons. The fraction of sp³-hybridized carbons (Fsp3) is 0.182. The van der Waals surface area contributed by atoms with Crippen molar-refractivity contribution in [3.63, 3.8) is 0 Å². The Balaban J connectivity index is 1.80. The molecule has 0 atom stereocenters. The van der Waals surface area contributed by atoms with Gasteiger partial charge in [0.2, 0.25) is 0 Å². The van der Waals surface area contributed by atoms with Crippen molar-refractivity contribution in [2.24, 2.45) is 0 Å². The van der Waals surface area contributed by atoms with Crippen LogP contribution < -0.4 is 5.63 Å². The molecule has 3 rings (SSSR count). The number of hydrogen-bond acceptors (Lipinski definition) is 4. The minimum atomic E-state index is -0.460. The summed E-state index contributed by atoms with van der Waals surface area (Å²) in [4.78, 5) is 23.9. The van der Waals surface area contributed by atoms with Gasteiger partial charge in [-0.1, -0.05) is 36.4 Å². The lowest BCUT2D eigenvalue weighted by Gasteiger charge is -2.09. The highest BCUT2D eigenvalue weighted by atomic mass is 16.5. The van der Waals surface area contributed by atoms with E-state index in [4.69, 9.17) is 9.15 Å². The predicted octanol–water partition coefficient (Wildman–Crippen LogP) is 4.47. The third-order valence-electron chi connectivity index (χ3n) is 4.47. The summed E-state index contributed by atoms with van der Waals surface area (Å²) < 4.78 is 10.6. The van der Waals surface area contributed by atoms with E-state index >= 15 is 0 Å². The monoisotopic (exact) mass is 348 g/mol. The van der Waals surface area contributed by atoms with Gasteiger partial charge in [-0.15, -0.1) is 0 Å². The Morgan fingerprint density at radius 2 is 1.85 bits per heavy atom. The van der Waals surface area contributed by atoms with Crippen molar-refractivity contribution in [3.8, 4) is 0 Å². The topological polar surface area (TPSA) is 56.5 Å². The van der Waals surface area contributed by atoms with E-state index in [1.54, 1.807) is 6.08 Å². The molecule has 0 aliphatic heterocycles. The first-order chi connectivity index (χ1) is 12.5. The van der Waals surface area contributed by atoms with Crippen LogP contribution in [-0.2, 0) is 16.1 Å². The maximum Gasteiger partial charge on any atom is 0.336 e. The number of ether oxygens (including phenoxy) is 1. The van der Waals surface area contributed by atoms with E-state index < -0.39 is 11.6 Å². The fourth-order valence-corrected chi connectivity index (χ4v) is 2.77. The molecule has 0 fully saturated rings. The van der Waals surface area contributed by atoms with Gasteiger partial charge in [0.25, 0.3) is 0 Å². The zero-order chi connectivity index (χ0) is 18.7. The SMILES string of the molecule is Cc1ccccc1/C=C/C(=O)OCc1cc(=O)oc2c(C)c(C)ccc12. The van der Waals surface area contributed by atoms with Gasteiger partial charge in [0.1, 0.15) is 12.2 Å². The minimum Gasteiger partial charge on any atom is -0.458 e. The van der Waals surface area contributed by atoms with Gasteiger partial charge >= 0.3 is 11.6 Å². The first kappa shape index (κ1) is 17.7. The Morgan fingerprint density at radius 1 is 1.08 bits per heavy atom. The lowest BCUT2D eigenvalue weighted by molar-refractivity contribution is -0.138. The van der Waals surface area contributed by atoms with Crippen LogP contribution in [0, 0.1) is 20.8 Å². The van der Waals surface area contributed by atoms with Gasteiger partial charge in [0.15, 0.2) is 0 Å². The number of benzene rings is 2. The van der Waals surface area contributed by atoms with E-state index in [2.05, 4.69) is 0 Å². The molecule has 0 aliphatic rings. The Bertz CT molecular complexity index is 1060. The number of carbonyl (C=O) groups excluding carboxylic acids is 1. The summed E-state index contributed by atoms with van der Waals surface area (Å²) in [6.07, 6.45) is 3.12. The number of rotatable bonds is 4. The summed E-state index contributed by atoms with van der Waals surface area (Å²) in [6, 6.07) is 13.0. The van der Waals surface area contributed by atoms with Crippen molar-refractivity contribution in [2.75, 3.05) is 0 Å². The molecule has 0 saturated heterocycles. The van der Waals surface area contributed by atoms with E-state index in [0.717, 1.165) is 27.6 Å². The first-order valence-electron chi connectivity index (χ1n) is 8.39. The van der Waals surface area contributed by atoms with Crippen molar-refractivity contribution < 1.29 is 13.9 Å². The van der Waals surface area contributed by atoms with E-state index in [-0.39, 0.29) is 6.61 Å². The van der Waals surface area contributed by atoms with Gasteiger partial charge < -0.3 is 9.15 Å². The number of fused-ring (bicyclic) bond motifs is 1. The molecule has 0 unspecified atom stereocenters. The van der Waals surface area contributed by atoms with Gasteiger partial charge in [0, 0.05) is 23.1 Å². The lowest BCUT2D eigenvalue weighted by atomic mass is 10.0. The van der Waals surface area contributed by atoms with Crippen LogP contribution in [0.4, 0.5) is 0 Å². The molecule has 0 amide bonds. The Hall–Kier alpha value is -3.14. The molecule has 4 heteroatoms. The molecule has 0 radical (unpaired) electrons. The second kappa shape index (κ2) is 7.40. The Labute approximate surface area is 151 Å². The molecular formula is C22H20O4. The molecule has 0 bridgehead atoms. The molecule has 26 heavy (non-hydrogen) atoms. The van der Waals surface area contributed by atoms with Crippen LogP contribution in [0.3, 0.4) is 0 Å². The molecule has 1 aromatic heterocycles. The van der Waals surface area contributed by atoms with Crippen LogP contribution >= 0.6 is 0 Å². The highest BCUT2D eigenvalue weighted by Crippen LogP contribution is 2.23. The number of hydrogen-bond donors (Lipinski definition) is 0. The zero-order valence-electron chi connectivity index (χ0n) is 15.0. The number of aryl methyl sites for hydroxylation is 3. The normalized spacial score (nSPS) is 11.2. The maximum atomic E-state index is 12.0. The molecule has 4 nitrogen and oxygen atoms in total. The van der Waals surface area contributed by atoms with E-state index in [1.807, 2.05) is 57.2 Å². The summed E-state index contributed by atoms with van der Waals surface area (Å²) in [6.45, 7) is 5.85. The van der Waals surface area contributed by atoms with Crippen molar-refractivity contribution in [3.05, 3.63) is 86.8 Å². The van der Waals surface area contributed by atoms with Gasteiger partial charge in [-0.2, -0.15) is 0 Å². The third kappa shape index (κ3) is 3.75. The molecule has 1 heterocycles. The van der Waals surface area contributed by atoms with Gasteiger partial charge in [-0.25, -0.2) is 9.59 Å². The summed E-state index contributed by atoms with van der Waals surface area (Å²) >= 11 is 0. The first-order valence-corrected chi connectivity index (χ1v) is 8.39. The average Bonchev–Trinajstić information content (AvgIpc) is 2.62. The average molecular weight is 348 g/mol. The van der Waals surface area contributed by atoms with Crippen LogP contribution in [0.1, 0.15) is 27.8 Å². The summed E-state index contributed by atoms with van der Waals surface area (Å²) in [7, 11) is 0. The smallest absolute Gasteiger partial charge is 0.336 e. The second-order valence-corrected chi connectivity index (χ2v) is 6.27. The molecule has 0 spiro atoms. The van der Waals surface area contributed by atoms with Crippen LogP contribution in [0.25, 0.3) is 17.0 Å². The third-order valence-corrected chi connectivity index (χ3v) is 4.47. The molecule has 0 aliphatic carbocycles. The zero-order valence-corrected chi connectivity index (χ0v) is 15.0. The van der Waals surface area contributed by atoms with Gasteiger partial charge in [0.05, 0.1) is 0 Å².